The van der Waals surface area contributed by atoms with Crippen LogP contribution in [0.4, 0.5) is 11.5 Å². The number of para-hydroxylation sites is 1. The molecular weight excluding hydrogens is 380 g/mol. The highest BCUT2D eigenvalue weighted by Gasteiger charge is 2.11. The van der Waals surface area contributed by atoms with Crippen LogP contribution in [0.2, 0.25) is 0 Å². The molecule has 4 nitrogen and oxygen atoms in total. The first-order valence-electron chi connectivity index (χ1n) is 4.91. The second-order valence-electron chi connectivity index (χ2n) is 3.34. The Balaban J connectivity index is 2.43. The van der Waals surface area contributed by atoms with Gasteiger partial charge in [-0.15, -0.1) is 0 Å². The van der Waals surface area contributed by atoms with Crippen LogP contribution in [0.5, 0.6) is 0 Å². The van der Waals surface area contributed by atoms with Crippen molar-refractivity contribution in [3.63, 3.8) is 0 Å². The van der Waals surface area contributed by atoms with E-state index in [1.54, 1.807) is 12.4 Å². The third-order valence-corrected chi connectivity index (χ3v) is 3.65. The fourth-order valence-electron chi connectivity index (χ4n) is 1.35. The summed E-state index contributed by atoms with van der Waals surface area (Å²) in [6, 6.07) is 5.76. The van der Waals surface area contributed by atoms with Gasteiger partial charge in [0.05, 0.1) is 5.69 Å². The van der Waals surface area contributed by atoms with E-state index in [9.17, 15) is 0 Å². The van der Waals surface area contributed by atoms with Crippen LogP contribution in [-0.2, 0) is 0 Å². The Kier molecular flexibility index (Phi) is 4.26. The van der Waals surface area contributed by atoms with Gasteiger partial charge in [0.2, 0.25) is 0 Å². The van der Waals surface area contributed by atoms with E-state index >= 15 is 0 Å². The predicted octanol–water partition coefficient (Wildman–Crippen LogP) is 3.38. The number of nitrogens with one attached hydrogen (secondary N) is 1. The lowest BCUT2D eigenvalue weighted by atomic mass is 10.3. The number of aromatic nitrogens is 2. The molecular formula is C11H8Br2N4S. The van der Waals surface area contributed by atoms with Gasteiger partial charge in [-0.3, -0.25) is 0 Å². The zero-order valence-corrected chi connectivity index (χ0v) is 13.0. The van der Waals surface area contributed by atoms with Crippen molar-refractivity contribution < 1.29 is 0 Å². The van der Waals surface area contributed by atoms with E-state index in [0.29, 0.717) is 11.5 Å². The van der Waals surface area contributed by atoms with Crippen LogP contribution in [0, 0.1) is 0 Å². The van der Waals surface area contributed by atoms with Gasteiger partial charge < -0.3 is 11.1 Å². The number of halogens is 2. The number of thiocarbonyl (C=S) groups is 1. The van der Waals surface area contributed by atoms with E-state index in [1.807, 2.05) is 18.2 Å². The first kappa shape index (κ1) is 13.4. The molecule has 1 aromatic carbocycles. The molecule has 0 aliphatic heterocycles. The lowest BCUT2D eigenvalue weighted by molar-refractivity contribution is 1.17. The summed E-state index contributed by atoms with van der Waals surface area (Å²) in [6.45, 7) is 0. The Hall–Kier alpha value is -1.05. The van der Waals surface area contributed by atoms with Crippen molar-refractivity contribution in [3.05, 3.63) is 45.2 Å². The minimum Gasteiger partial charge on any atom is -0.388 e. The van der Waals surface area contributed by atoms with Crippen molar-refractivity contribution >= 4 is 60.6 Å². The molecule has 0 fully saturated rings. The van der Waals surface area contributed by atoms with Crippen molar-refractivity contribution in [3.8, 4) is 0 Å². The van der Waals surface area contributed by atoms with Crippen molar-refractivity contribution in [2.75, 3.05) is 5.32 Å². The van der Waals surface area contributed by atoms with E-state index < -0.39 is 0 Å². The fourth-order valence-corrected chi connectivity index (χ4v) is 2.69. The van der Waals surface area contributed by atoms with Crippen molar-refractivity contribution in [2.24, 2.45) is 5.73 Å². The molecule has 1 heterocycles. The Morgan fingerprint density at radius 1 is 1.17 bits per heavy atom. The molecule has 2 aromatic rings. The normalized spacial score (nSPS) is 10.1. The number of anilines is 2. The topological polar surface area (TPSA) is 63.8 Å². The van der Waals surface area contributed by atoms with Crippen LogP contribution < -0.4 is 11.1 Å². The van der Waals surface area contributed by atoms with Gasteiger partial charge in [0.15, 0.2) is 5.82 Å². The Morgan fingerprint density at radius 2 is 1.78 bits per heavy atom. The van der Waals surface area contributed by atoms with E-state index in [-0.39, 0.29) is 4.99 Å². The highest BCUT2D eigenvalue weighted by molar-refractivity contribution is 9.11. The third kappa shape index (κ3) is 2.85. The van der Waals surface area contributed by atoms with Crippen molar-refractivity contribution in [1.29, 1.82) is 0 Å². The van der Waals surface area contributed by atoms with Crippen molar-refractivity contribution in [1.82, 2.24) is 9.97 Å². The standard InChI is InChI=1S/C11H8Br2N4S/c12-6-2-1-3-7(13)8(6)17-11-9(10(14)18)15-4-5-16-11/h1-5H,(H2,14,18)(H,16,17). The molecule has 1 aromatic heterocycles. The van der Waals surface area contributed by atoms with Gasteiger partial charge >= 0.3 is 0 Å². The zero-order chi connectivity index (χ0) is 13.1. The molecule has 0 atom stereocenters. The second kappa shape index (κ2) is 5.73. The van der Waals surface area contributed by atoms with Gasteiger partial charge in [0, 0.05) is 21.3 Å². The molecule has 0 aliphatic rings. The summed E-state index contributed by atoms with van der Waals surface area (Å²) in [5.41, 5.74) is 6.92. The predicted molar refractivity (Wildman–Crippen MR) is 83.0 cm³/mol. The summed E-state index contributed by atoms with van der Waals surface area (Å²) in [5, 5.41) is 3.16. The molecule has 0 saturated carbocycles. The van der Waals surface area contributed by atoms with Gasteiger partial charge in [-0.25, -0.2) is 9.97 Å². The number of nitrogens with zero attached hydrogens (tertiary/aromatic N) is 2. The van der Waals surface area contributed by atoms with Gasteiger partial charge in [-0.05, 0) is 44.0 Å². The molecule has 0 unspecified atom stereocenters. The minimum atomic E-state index is 0.203. The summed E-state index contributed by atoms with van der Waals surface area (Å²) in [5.74, 6) is 0.526. The zero-order valence-electron chi connectivity index (χ0n) is 9.02. The van der Waals surface area contributed by atoms with Crippen molar-refractivity contribution in [2.45, 2.75) is 0 Å². The molecule has 0 radical (unpaired) electrons. The molecule has 0 spiro atoms. The number of benzene rings is 1. The van der Waals surface area contributed by atoms with Crippen LogP contribution in [0.3, 0.4) is 0 Å². The molecule has 92 valence electrons. The summed E-state index contributed by atoms with van der Waals surface area (Å²) in [4.78, 5) is 8.51. The Bertz CT molecular complexity index is 583. The lowest BCUT2D eigenvalue weighted by Gasteiger charge is -2.12. The average molecular weight is 388 g/mol. The minimum absolute atomic E-state index is 0.203. The van der Waals surface area contributed by atoms with Gasteiger partial charge in [0.25, 0.3) is 0 Å². The van der Waals surface area contributed by atoms with Crippen LogP contribution in [-0.4, -0.2) is 15.0 Å². The van der Waals surface area contributed by atoms with Crippen LogP contribution in [0.25, 0.3) is 0 Å². The average Bonchev–Trinajstić information content (AvgIpc) is 2.34. The molecule has 3 N–H and O–H groups in total. The summed E-state index contributed by atoms with van der Waals surface area (Å²) >= 11 is 11.9. The molecule has 0 aliphatic carbocycles. The van der Waals surface area contributed by atoms with E-state index in [0.717, 1.165) is 14.6 Å². The van der Waals surface area contributed by atoms with Gasteiger partial charge in [0.1, 0.15) is 10.7 Å². The number of hydrogen-bond donors (Lipinski definition) is 2. The van der Waals surface area contributed by atoms with Gasteiger partial charge in [-0.2, -0.15) is 0 Å². The monoisotopic (exact) mass is 386 g/mol. The number of rotatable bonds is 3. The highest BCUT2D eigenvalue weighted by atomic mass is 79.9. The van der Waals surface area contributed by atoms with E-state index in [4.69, 9.17) is 18.0 Å². The summed E-state index contributed by atoms with van der Waals surface area (Å²) in [7, 11) is 0. The smallest absolute Gasteiger partial charge is 0.159 e. The molecule has 0 amide bonds. The Labute approximate surface area is 126 Å². The maximum Gasteiger partial charge on any atom is 0.159 e. The van der Waals surface area contributed by atoms with E-state index in [1.165, 1.54) is 0 Å². The number of nitrogens with two attached hydrogens (primary N) is 1. The lowest BCUT2D eigenvalue weighted by Crippen LogP contribution is -2.15. The molecule has 18 heavy (non-hydrogen) atoms. The quantitative estimate of drug-likeness (QED) is 0.790. The maximum absolute atomic E-state index is 5.61. The summed E-state index contributed by atoms with van der Waals surface area (Å²) in [6.07, 6.45) is 3.13. The molecule has 0 bridgehead atoms. The largest absolute Gasteiger partial charge is 0.388 e. The van der Waals surface area contributed by atoms with Crippen LogP contribution >= 0.6 is 44.1 Å². The first-order chi connectivity index (χ1) is 8.59. The maximum atomic E-state index is 5.61. The third-order valence-electron chi connectivity index (χ3n) is 2.14. The second-order valence-corrected chi connectivity index (χ2v) is 5.49. The van der Waals surface area contributed by atoms with Gasteiger partial charge in [-0.1, -0.05) is 18.3 Å². The fraction of sp³-hybridized carbons (Fsp3) is 0. The van der Waals surface area contributed by atoms with Crippen LogP contribution in [0.15, 0.2) is 39.5 Å². The molecule has 2 rings (SSSR count). The summed E-state index contributed by atoms with van der Waals surface area (Å²) < 4.78 is 1.80. The van der Waals surface area contributed by atoms with E-state index in [2.05, 4.69) is 47.1 Å². The molecule has 0 saturated heterocycles. The SMILES string of the molecule is NC(=S)c1nccnc1Nc1c(Br)cccc1Br. The molecule has 7 heteroatoms. The first-order valence-corrected chi connectivity index (χ1v) is 6.91. The van der Waals surface area contributed by atoms with Crippen LogP contribution in [0.1, 0.15) is 5.69 Å². The highest BCUT2D eigenvalue weighted by Crippen LogP contribution is 2.33. The Morgan fingerprint density at radius 3 is 2.39 bits per heavy atom. The number of hydrogen-bond acceptors (Lipinski definition) is 4.